The topological polar surface area (TPSA) is 17.1 Å². The third-order valence-corrected chi connectivity index (χ3v) is 3.68. The summed E-state index contributed by atoms with van der Waals surface area (Å²) in [5.74, 6) is 0.749. The molecule has 15 heavy (non-hydrogen) atoms. The first-order valence-electron chi connectivity index (χ1n) is 5.87. The molecule has 0 saturated heterocycles. The molecular weight excluding hydrogens is 204 g/mol. The van der Waals surface area contributed by atoms with Crippen molar-refractivity contribution in [1.29, 1.82) is 0 Å². The van der Waals surface area contributed by atoms with Gasteiger partial charge in [0.05, 0.1) is 0 Å². The van der Waals surface area contributed by atoms with Gasteiger partial charge in [0, 0.05) is 16.6 Å². The van der Waals surface area contributed by atoms with Crippen molar-refractivity contribution in [3.05, 3.63) is 0 Å². The molecule has 1 atom stereocenters. The first-order valence-corrected chi connectivity index (χ1v) is 6.75. The Morgan fingerprint density at radius 3 is 1.93 bits per heavy atom. The molecule has 1 nitrogen and oxygen atoms in total. The van der Waals surface area contributed by atoms with E-state index in [-0.39, 0.29) is 16.6 Å². The number of rotatable bonds is 6. The van der Waals surface area contributed by atoms with Crippen LogP contribution in [0.1, 0.15) is 54.9 Å². The van der Waals surface area contributed by atoms with Crippen molar-refractivity contribution in [3.8, 4) is 0 Å². The fraction of sp³-hybridized carbons (Fsp3) is 0.923. The van der Waals surface area contributed by atoms with Crippen LogP contribution >= 0.6 is 11.8 Å². The van der Waals surface area contributed by atoms with E-state index < -0.39 is 0 Å². The van der Waals surface area contributed by atoms with E-state index in [1.165, 1.54) is 0 Å². The maximum atomic E-state index is 11.8. The van der Waals surface area contributed by atoms with Crippen LogP contribution in [0.15, 0.2) is 0 Å². The second-order valence-electron chi connectivity index (χ2n) is 5.59. The van der Waals surface area contributed by atoms with Gasteiger partial charge in [-0.05, 0) is 11.7 Å². The van der Waals surface area contributed by atoms with Crippen LogP contribution in [0.3, 0.4) is 0 Å². The van der Waals surface area contributed by atoms with E-state index in [4.69, 9.17) is 0 Å². The van der Waals surface area contributed by atoms with Crippen molar-refractivity contribution in [2.75, 3.05) is 0 Å². The summed E-state index contributed by atoms with van der Waals surface area (Å²) in [6.45, 7) is 14.9. The van der Waals surface area contributed by atoms with Crippen molar-refractivity contribution in [1.82, 2.24) is 0 Å². The number of Topliss-reactive ketones (excluding diaryl/α,β-unsaturated/α-hetero) is 1. The second-order valence-corrected chi connectivity index (χ2v) is 7.87. The van der Waals surface area contributed by atoms with Gasteiger partial charge >= 0.3 is 0 Å². The van der Waals surface area contributed by atoms with Crippen LogP contribution in [0.25, 0.3) is 0 Å². The van der Waals surface area contributed by atoms with E-state index in [2.05, 4.69) is 34.6 Å². The summed E-state index contributed by atoms with van der Waals surface area (Å²) in [6, 6.07) is 0. The molecule has 0 aromatic rings. The Hall–Kier alpha value is 0.0200. The normalized spacial score (nSPS) is 14.7. The molecule has 0 aromatic heterocycles. The molecule has 0 N–H and O–H groups in total. The van der Waals surface area contributed by atoms with E-state index in [0.29, 0.717) is 11.0 Å². The zero-order valence-electron chi connectivity index (χ0n) is 11.3. The number of thioether (sulfide) groups is 1. The largest absolute Gasteiger partial charge is 0.299 e. The number of carbonyl (C=O) groups is 1. The number of hydrogen-bond acceptors (Lipinski definition) is 2. The zero-order chi connectivity index (χ0) is 12.2. The van der Waals surface area contributed by atoms with E-state index in [0.717, 1.165) is 6.42 Å². The third kappa shape index (κ3) is 6.24. The van der Waals surface area contributed by atoms with Gasteiger partial charge in [0.2, 0.25) is 0 Å². The van der Waals surface area contributed by atoms with Gasteiger partial charge in [0.25, 0.3) is 0 Å². The van der Waals surface area contributed by atoms with Gasteiger partial charge in [-0.1, -0.05) is 48.5 Å². The summed E-state index contributed by atoms with van der Waals surface area (Å²) in [5.41, 5.74) is 0. The minimum absolute atomic E-state index is 0.167. The molecule has 0 aromatic carbocycles. The number of carbonyl (C=O) groups excluding carboxylic acids is 1. The molecule has 1 unspecified atom stereocenters. The molecule has 0 amide bonds. The quantitative estimate of drug-likeness (QED) is 0.681. The average molecular weight is 230 g/mol. The third-order valence-electron chi connectivity index (χ3n) is 2.41. The van der Waals surface area contributed by atoms with Crippen molar-refractivity contribution in [3.63, 3.8) is 0 Å². The van der Waals surface area contributed by atoms with Gasteiger partial charge in [-0.25, -0.2) is 0 Å². The SMILES string of the molecule is CC(C)SC(C)(C)CC(C)C(=O)C(C)C. The van der Waals surface area contributed by atoms with Crippen LogP contribution in [-0.4, -0.2) is 15.8 Å². The Morgan fingerprint density at radius 1 is 1.13 bits per heavy atom. The monoisotopic (exact) mass is 230 g/mol. The van der Waals surface area contributed by atoms with Crippen molar-refractivity contribution < 1.29 is 4.79 Å². The Morgan fingerprint density at radius 2 is 1.60 bits per heavy atom. The summed E-state index contributed by atoms with van der Waals surface area (Å²) in [6.07, 6.45) is 0.979. The lowest BCUT2D eigenvalue weighted by Gasteiger charge is -2.29. The van der Waals surface area contributed by atoms with E-state index in [1.54, 1.807) is 0 Å². The highest BCUT2D eigenvalue weighted by Crippen LogP contribution is 2.35. The molecule has 0 heterocycles. The van der Waals surface area contributed by atoms with Gasteiger partial charge in [0.1, 0.15) is 5.78 Å². The molecule has 0 rings (SSSR count). The Kier molecular flexibility index (Phi) is 5.94. The molecular formula is C13H26OS. The smallest absolute Gasteiger partial charge is 0.138 e. The first-order chi connectivity index (χ1) is 6.65. The van der Waals surface area contributed by atoms with Gasteiger partial charge in [-0.15, -0.1) is 0 Å². The molecule has 0 aliphatic heterocycles. The maximum Gasteiger partial charge on any atom is 0.138 e. The summed E-state index contributed by atoms with van der Waals surface area (Å²) in [4.78, 5) is 11.8. The van der Waals surface area contributed by atoms with Crippen LogP contribution in [0.4, 0.5) is 0 Å². The molecule has 0 aliphatic rings. The highest BCUT2D eigenvalue weighted by Gasteiger charge is 2.27. The first kappa shape index (κ1) is 15.0. The minimum Gasteiger partial charge on any atom is -0.299 e. The Labute approximate surface area is 99.4 Å². The average Bonchev–Trinajstić information content (AvgIpc) is 1.98. The predicted octanol–water partition coefficient (Wildman–Crippen LogP) is 4.16. The number of ketones is 1. The van der Waals surface area contributed by atoms with Crippen molar-refractivity contribution in [2.24, 2.45) is 11.8 Å². The Balaban J connectivity index is 4.26. The van der Waals surface area contributed by atoms with E-state index >= 15 is 0 Å². The summed E-state index contributed by atoms with van der Waals surface area (Å²) in [5, 5.41) is 0.626. The predicted molar refractivity (Wildman–Crippen MR) is 70.4 cm³/mol. The molecule has 0 spiro atoms. The van der Waals surface area contributed by atoms with Gasteiger partial charge < -0.3 is 0 Å². The fourth-order valence-electron chi connectivity index (χ4n) is 2.09. The lowest BCUT2D eigenvalue weighted by molar-refractivity contribution is -0.125. The highest BCUT2D eigenvalue weighted by atomic mass is 32.2. The summed E-state index contributed by atoms with van der Waals surface area (Å²) < 4.78 is 0.206. The lowest BCUT2D eigenvalue weighted by atomic mass is 9.89. The van der Waals surface area contributed by atoms with Crippen LogP contribution in [0.2, 0.25) is 0 Å². The van der Waals surface area contributed by atoms with E-state index in [9.17, 15) is 4.79 Å². The Bertz CT molecular complexity index is 207. The zero-order valence-corrected chi connectivity index (χ0v) is 12.1. The molecule has 90 valence electrons. The molecule has 0 bridgehead atoms. The molecule has 0 fully saturated rings. The summed E-state index contributed by atoms with van der Waals surface area (Å²) >= 11 is 1.96. The van der Waals surface area contributed by atoms with Crippen LogP contribution < -0.4 is 0 Å². The summed E-state index contributed by atoms with van der Waals surface area (Å²) in [7, 11) is 0. The minimum atomic E-state index is 0.167. The van der Waals surface area contributed by atoms with E-state index in [1.807, 2.05) is 25.6 Å². The number of hydrogen-bond donors (Lipinski definition) is 0. The van der Waals surface area contributed by atoms with Gasteiger partial charge in [-0.2, -0.15) is 11.8 Å². The molecule has 0 saturated carbocycles. The van der Waals surface area contributed by atoms with Crippen molar-refractivity contribution >= 4 is 17.5 Å². The van der Waals surface area contributed by atoms with Crippen molar-refractivity contribution in [2.45, 2.75) is 64.9 Å². The fourth-order valence-corrected chi connectivity index (χ4v) is 3.72. The van der Waals surface area contributed by atoms with Crippen LogP contribution in [0.5, 0.6) is 0 Å². The van der Waals surface area contributed by atoms with Crippen LogP contribution in [0, 0.1) is 11.8 Å². The lowest BCUT2D eigenvalue weighted by Crippen LogP contribution is -2.27. The highest BCUT2D eigenvalue weighted by molar-refractivity contribution is 8.01. The van der Waals surface area contributed by atoms with Gasteiger partial charge in [0.15, 0.2) is 0 Å². The molecule has 0 aliphatic carbocycles. The second kappa shape index (κ2) is 5.93. The standard InChI is InChI=1S/C13H26OS/c1-9(2)12(14)11(5)8-13(6,7)15-10(3)4/h9-11H,8H2,1-7H3. The van der Waals surface area contributed by atoms with Gasteiger partial charge in [-0.3, -0.25) is 4.79 Å². The van der Waals surface area contributed by atoms with Crippen LogP contribution in [-0.2, 0) is 4.79 Å². The molecule has 0 radical (unpaired) electrons. The maximum absolute atomic E-state index is 11.8. The molecule has 2 heteroatoms.